The molecule has 4 rings (SSSR count). The third-order valence-corrected chi connectivity index (χ3v) is 5.30. The van der Waals surface area contributed by atoms with E-state index in [9.17, 15) is 9.90 Å². The van der Waals surface area contributed by atoms with Crippen LogP contribution in [0, 0.1) is 0 Å². The first-order valence-electron chi connectivity index (χ1n) is 10.0. The van der Waals surface area contributed by atoms with Gasteiger partial charge in [0, 0.05) is 17.3 Å². The Bertz CT molecular complexity index is 1200. The van der Waals surface area contributed by atoms with Gasteiger partial charge >= 0.3 is 5.97 Å². The first kappa shape index (κ1) is 20.8. The van der Waals surface area contributed by atoms with Crippen LogP contribution in [0.15, 0.2) is 72.9 Å². The molecule has 0 unspecified atom stereocenters. The molecule has 0 saturated heterocycles. The van der Waals surface area contributed by atoms with Crippen LogP contribution in [0.2, 0.25) is 5.02 Å². The molecule has 0 amide bonds. The van der Waals surface area contributed by atoms with Crippen LogP contribution in [-0.4, -0.2) is 22.2 Å². The van der Waals surface area contributed by atoms with Crippen molar-refractivity contribution in [3.8, 4) is 17.3 Å². The molecule has 0 atom stereocenters. The Morgan fingerprint density at radius 3 is 2.45 bits per heavy atom. The van der Waals surface area contributed by atoms with Crippen LogP contribution in [0.3, 0.4) is 0 Å². The first-order chi connectivity index (χ1) is 15.1. The number of carbonyl (C=O) groups is 1. The number of aromatic hydroxyl groups is 1. The number of fused-ring (bicyclic) bond motifs is 1. The average Bonchev–Trinajstić information content (AvgIpc) is 3.13. The van der Waals surface area contributed by atoms with E-state index >= 15 is 0 Å². The molecule has 1 N–H and O–H groups in total. The Labute approximate surface area is 185 Å². The molecule has 158 valence electrons. The minimum atomic E-state index is -0.267. The Hall–Kier alpha value is -3.44. The number of nitrogens with zero attached hydrogens (tertiary/aromatic N) is 1. The number of ether oxygens (including phenoxy) is 2. The molecular formula is C25H22ClNO4. The zero-order chi connectivity index (χ0) is 21.8. The van der Waals surface area contributed by atoms with Crippen LogP contribution in [0.5, 0.6) is 11.6 Å². The van der Waals surface area contributed by atoms with E-state index in [0.29, 0.717) is 34.8 Å². The molecule has 3 aromatic carbocycles. The highest BCUT2D eigenvalue weighted by molar-refractivity contribution is 6.36. The lowest BCUT2D eigenvalue weighted by Gasteiger charge is -2.09. The van der Waals surface area contributed by atoms with Crippen LogP contribution < -0.4 is 4.74 Å². The number of hydrogen-bond acceptors (Lipinski definition) is 4. The summed E-state index contributed by atoms with van der Waals surface area (Å²) in [6, 6.07) is 20.7. The minimum Gasteiger partial charge on any atom is -0.494 e. The van der Waals surface area contributed by atoms with E-state index in [1.54, 1.807) is 29.8 Å². The second-order valence-electron chi connectivity index (χ2n) is 7.08. The molecular weight excluding hydrogens is 414 g/mol. The predicted octanol–water partition coefficient (Wildman–Crippen LogP) is 5.67. The molecule has 4 aromatic rings. The molecule has 0 aliphatic carbocycles. The van der Waals surface area contributed by atoms with E-state index in [4.69, 9.17) is 21.1 Å². The third-order valence-electron chi connectivity index (χ3n) is 4.97. The summed E-state index contributed by atoms with van der Waals surface area (Å²) in [7, 11) is 0. The van der Waals surface area contributed by atoms with Gasteiger partial charge in [0.1, 0.15) is 12.4 Å². The summed E-state index contributed by atoms with van der Waals surface area (Å²) in [4.78, 5) is 11.7. The summed E-state index contributed by atoms with van der Waals surface area (Å²) in [5.41, 5.74) is 2.61. The van der Waals surface area contributed by atoms with Crippen molar-refractivity contribution in [2.75, 3.05) is 6.61 Å². The summed E-state index contributed by atoms with van der Waals surface area (Å²) >= 11 is 6.40. The SMILES string of the molecule is CCOC(=O)Cc1ccc(-n2cc3c(Cl)ccc(OCc4ccccc4)c3c2O)cc1. The van der Waals surface area contributed by atoms with Crippen LogP contribution in [0.1, 0.15) is 18.1 Å². The first-order valence-corrected chi connectivity index (χ1v) is 10.4. The molecule has 0 fully saturated rings. The molecule has 0 spiro atoms. The van der Waals surface area contributed by atoms with Gasteiger partial charge in [-0.3, -0.25) is 9.36 Å². The van der Waals surface area contributed by atoms with Gasteiger partial charge < -0.3 is 14.6 Å². The highest BCUT2D eigenvalue weighted by Crippen LogP contribution is 2.40. The van der Waals surface area contributed by atoms with Gasteiger partial charge in [-0.15, -0.1) is 0 Å². The van der Waals surface area contributed by atoms with E-state index in [1.807, 2.05) is 54.6 Å². The van der Waals surface area contributed by atoms with E-state index in [2.05, 4.69) is 0 Å². The van der Waals surface area contributed by atoms with Crippen LogP contribution in [-0.2, 0) is 22.6 Å². The van der Waals surface area contributed by atoms with Gasteiger partial charge in [0.25, 0.3) is 0 Å². The fourth-order valence-electron chi connectivity index (χ4n) is 3.45. The fourth-order valence-corrected chi connectivity index (χ4v) is 3.65. The quantitative estimate of drug-likeness (QED) is 0.380. The summed E-state index contributed by atoms with van der Waals surface area (Å²) in [5, 5.41) is 12.8. The number of hydrogen-bond donors (Lipinski definition) is 1. The third kappa shape index (κ3) is 4.52. The second-order valence-corrected chi connectivity index (χ2v) is 7.49. The monoisotopic (exact) mass is 435 g/mol. The standard InChI is InChI=1S/C25H22ClNO4/c1-2-30-23(28)14-17-8-10-19(11-9-17)27-15-20-21(26)12-13-22(24(20)25(27)29)31-16-18-6-4-3-5-7-18/h3-13,15,29H,2,14,16H2,1H3. The summed E-state index contributed by atoms with van der Waals surface area (Å²) in [6.07, 6.45) is 1.99. The lowest BCUT2D eigenvalue weighted by Crippen LogP contribution is -2.07. The van der Waals surface area contributed by atoms with Crippen molar-refractivity contribution in [3.05, 3.63) is 89.1 Å². The van der Waals surface area contributed by atoms with E-state index in [0.717, 1.165) is 16.8 Å². The molecule has 6 heteroatoms. The fraction of sp³-hybridized carbons (Fsp3) is 0.160. The van der Waals surface area contributed by atoms with Crippen LogP contribution in [0.4, 0.5) is 0 Å². The van der Waals surface area contributed by atoms with Crippen LogP contribution >= 0.6 is 11.6 Å². The van der Waals surface area contributed by atoms with Crippen molar-refractivity contribution in [2.24, 2.45) is 0 Å². The normalized spacial score (nSPS) is 10.9. The molecule has 0 saturated carbocycles. The average molecular weight is 436 g/mol. The maximum Gasteiger partial charge on any atom is 0.310 e. The van der Waals surface area contributed by atoms with Crippen molar-refractivity contribution in [1.82, 2.24) is 4.57 Å². The topological polar surface area (TPSA) is 60.7 Å². The van der Waals surface area contributed by atoms with Gasteiger partial charge in [0.15, 0.2) is 0 Å². The van der Waals surface area contributed by atoms with Crippen molar-refractivity contribution < 1.29 is 19.4 Å². The maximum atomic E-state index is 11.7. The Morgan fingerprint density at radius 2 is 1.74 bits per heavy atom. The molecule has 0 aliphatic rings. The smallest absolute Gasteiger partial charge is 0.310 e. The van der Waals surface area contributed by atoms with E-state index < -0.39 is 0 Å². The lowest BCUT2D eigenvalue weighted by atomic mass is 10.1. The highest BCUT2D eigenvalue weighted by Gasteiger charge is 2.17. The van der Waals surface area contributed by atoms with E-state index in [1.165, 1.54) is 0 Å². The summed E-state index contributed by atoms with van der Waals surface area (Å²) < 4.78 is 12.6. The van der Waals surface area contributed by atoms with Crippen molar-refractivity contribution in [2.45, 2.75) is 20.0 Å². The van der Waals surface area contributed by atoms with Crippen molar-refractivity contribution >= 4 is 28.3 Å². The van der Waals surface area contributed by atoms with Crippen LogP contribution in [0.25, 0.3) is 16.5 Å². The number of carbonyl (C=O) groups excluding carboxylic acids is 1. The lowest BCUT2D eigenvalue weighted by molar-refractivity contribution is -0.142. The second kappa shape index (κ2) is 9.14. The van der Waals surface area contributed by atoms with Gasteiger partial charge in [-0.2, -0.15) is 0 Å². The van der Waals surface area contributed by atoms with Gasteiger partial charge in [0.05, 0.1) is 23.4 Å². The van der Waals surface area contributed by atoms with Crippen molar-refractivity contribution in [3.63, 3.8) is 0 Å². The molecule has 0 aliphatic heterocycles. The molecule has 0 bridgehead atoms. The molecule has 5 nitrogen and oxygen atoms in total. The number of halogens is 1. The van der Waals surface area contributed by atoms with Gasteiger partial charge in [-0.1, -0.05) is 54.1 Å². The zero-order valence-electron chi connectivity index (χ0n) is 17.0. The number of esters is 1. The Balaban J connectivity index is 1.64. The number of rotatable bonds is 7. The molecule has 1 heterocycles. The number of benzene rings is 3. The Morgan fingerprint density at radius 1 is 1.00 bits per heavy atom. The summed E-state index contributed by atoms with van der Waals surface area (Å²) in [6.45, 7) is 2.52. The largest absolute Gasteiger partial charge is 0.494 e. The molecule has 1 aromatic heterocycles. The predicted molar refractivity (Wildman–Crippen MR) is 121 cm³/mol. The van der Waals surface area contributed by atoms with Gasteiger partial charge in [-0.05, 0) is 42.3 Å². The minimum absolute atomic E-state index is 0.0405. The van der Waals surface area contributed by atoms with Gasteiger partial charge in [0.2, 0.25) is 5.88 Å². The molecule has 0 radical (unpaired) electrons. The molecule has 31 heavy (non-hydrogen) atoms. The summed E-state index contributed by atoms with van der Waals surface area (Å²) in [5.74, 6) is 0.328. The highest BCUT2D eigenvalue weighted by atomic mass is 35.5. The number of aromatic nitrogens is 1. The van der Waals surface area contributed by atoms with Gasteiger partial charge in [-0.25, -0.2) is 0 Å². The van der Waals surface area contributed by atoms with Crippen molar-refractivity contribution in [1.29, 1.82) is 0 Å². The zero-order valence-corrected chi connectivity index (χ0v) is 17.8. The Kier molecular flexibility index (Phi) is 6.14. The van der Waals surface area contributed by atoms with E-state index in [-0.39, 0.29) is 18.3 Å². The maximum absolute atomic E-state index is 11.7.